The average molecular weight is 823 g/mol. The minimum Gasteiger partial charge on any atom is -0.458 e. The Labute approximate surface area is 348 Å². The normalized spacial score (nSPS) is 22.1. The number of amides is 1. The number of nitrogens with one attached hydrogen (secondary N) is 2. The van der Waals surface area contributed by atoms with E-state index in [1.165, 1.54) is 30.4 Å². The molecule has 3 aromatic carbocycles. The van der Waals surface area contributed by atoms with Gasteiger partial charge in [-0.25, -0.2) is 14.4 Å². The Hall–Kier alpha value is -5.89. The van der Waals surface area contributed by atoms with E-state index in [0.717, 1.165) is 35.7 Å². The molecule has 1 amide bonds. The molecule has 4 fully saturated rings. The summed E-state index contributed by atoms with van der Waals surface area (Å²) in [5, 5.41) is 3.54. The minimum atomic E-state index is -2.00. The molecule has 4 aromatic rings. The van der Waals surface area contributed by atoms with Gasteiger partial charge < -0.3 is 43.2 Å². The summed E-state index contributed by atoms with van der Waals surface area (Å²) >= 11 is 0. The van der Waals surface area contributed by atoms with Crippen LogP contribution in [-0.2, 0) is 50.1 Å². The number of rotatable bonds is 14. The molecule has 2 saturated carbocycles. The number of esters is 3. The number of carbonyl (C=O) groups is 5. The quantitative estimate of drug-likeness (QED) is 0.0443. The van der Waals surface area contributed by atoms with Gasteiger partial charge in [-0.1, -0.05) is 60.7 Å². The van der Waals surface area contributed by atoms with Gasteiger partial charge in [-0.05, 0) is 57.4 Å². The van der Waals surface area contributed by atoms with Gasteiger partial charge in [0.2, 0.25) is 6.79 Å². The fraction of sp³-hybridized carbons (Fsp3) is 0.457. The summed E-state index contributed by atoms with van der Waals surface area (Å²) in [6.07, 6.45) is 5.08. The first-order valence-electron chi connectivity index (χ1n) is 20.8. The van der Waals surface area contributed by atoms with Crippen molar-refractivity contribution in [2.45, 2.75) is 102 Å². The molecular formula is C46H52N3O11+. The van der Waals surface area contributed by atoms with Crippen LogP contribution < -0.4 is 10.1 Å². The number of H-pyrrole nitrogens is 1. The maximum atomic E-state index is 14.6. The van der Waals surface area contributed by atoms with Crippen LogP contribution in [0.2, 0.25) is 0 Å². The van der Waals surface area contributed by atoms with E-state index in [2.05, 4.69) is 10.3 Å². The van der Waals surface area contributed by atoms with Gasteiger partial charge >= 0.3 is 30.2 Å². The van der Waals surface area contributed by atoms with Crippen molar-refractivity contribution >= 4 is 41.1 Å². The predicted octanol–water partition coefficient (Wildman–Crippen LogP) is 6.98. The number of hydrogen-bond acceptors (Lipinski definition) is 11. The van der Waals surface area contributed by atoms with Crippen LogP contribution in [0.5, 0.6) is 5.75 Å². The zero-order valence-electron chi connectivity index (χ0n) is 34.2. The molecule has 2 saturated heterocycles. The first-order chi connectivity index (χ1) is 28.8. The van der Waals surface area contributed by atoms with E-state index in [-0.39, 0.29) is 30.1 Å². The number of hydrogen-bond donors (Lipinski definition) is 2. The lowest BCUT2D eigenvalue weighted by Crippen LogP contribution is -2.94. The number of quaternary nitrogens is 1. The molecular weight excluding hydrogens is 771 g/mol. The van der Waals surface area contributed by atoms with Gasteiger partial charge in [-0.2, -0.15) is 0 Å². The predicted molar refractivity (Wildman–Crippen MR) is 216 cm³/mol. The summed E-state index contributed by atoms with van der Waals surface area (Å²) in [5.41, 5.74) is -0.138. The average Bonchev–Trinajstić information content (AvgIpc) is 3.85. The summed E-state index contributed by atoms with van der Waals surface area (Å²) in [6.45, 7) is 7.30. The van der Waals surface area contributed by atoms with Crippen LogP contribution in [0.3, 0.4) is 0 Å². The van der Waals surface area contributed by atoms with Crippen molar-refractivity contribution in [3.63, 3.8) is 0 Å². The van der Waals surface area contributed by atoms with Crippen LogP contribution in [-0.4, -0.2) is 89.8 Å². The molecule has 14 heteroatoms. The smallest absolute Gasteiger partial charge is 0.458 e. The third-order valence-corrected chi connectivity index (χ3v) is 12.9. The van der Waals surface area contributed by atoms with Crippen LogP contribution in [0.15, 0.2) is 85.1 Å². The highest BCUT2D eigenvalue weighted by molar-refractivity contribution is 5.89. The second kappa shape index (κ2) is 16.3. The number of aromatic nitrogens is 1. The molecule has 14 nitrogen and oxygen atoms in total. The van der Waals surface area contributed by atoms with Crippen LogP contribution in [0.4, 0.5) is 9.59 Å². The molecule has 0 bridgehead atoms. The van der Waals surface area contributed by atoms with E-state index < -0.39 is 48.2 Å². The van der Waals surface area contributed by atoms with Crippen molar-refractivity contribution in [1.29, 1.82) is 0 Å². The van der Waals surface area contributed by atoms with E-state index in [4.69, 9.17) is 28.4 Å². The Bertz CT molecular complexity index is 2200. The highest BCUT2D eigenvalue weighted by Gasteiger charge is 2.86. The SMILES string of the molecule is CC(C)(C)OC(=O)NCCc1c[nH]c2ccc(OC(=O)CCC(=O)OCOC(=O)OC(C(=O)OC3CC4C35CCC5[N+]43CCCC3)(c3ccccc3)c3ccccc3)cc12. The number of fused-ring (bicyclic) bond motifs is 3. The summed E-state index contributed by atoms with van der Waals surface area (Å²) in [4.78, 5) is 68.6. The maximum absolute atomic E-state index is 14.6. The monoisotopic (exact) mass is 822 g/mol. The number of carbonyl (C=O) groups excluding carboxylic acids is 5. The highest BCUT2D eigenvalue weighted by Crippen LogP contribution is 2.73. The van der Waals surface area contributed by atoms with Crippen molar-refractivity contribution in [2.75, 3.05) is 26.4 Å². The highest BCUT2D eigenvalue weighted by atomic mass is 16.8. The largest absolute Gasteiger partial charge is 0.513 e. The van der Waals surface area contributed by atoms with Crippen molar-refractivity contribution in [3.05, 3.63) is 102 Å². The Morgan fingerprint density at radius 3 is 2.15 bits per heavy atom. The Balaban J connectivity index is 0.849. The number of aromatic amines is 1. The zero-order chi connectivity index (χ0) is 42.1. The first kappa shape index (κ1) is 40.9. The molecule has 2 aliphatic heterocycles. The van der Waals surface area contributed by atoms with Crippen LogP contribution in [0, 0.1) is 5.41 Å². The molecule has 1 aromatic heterocycles. The van der Waals surface area contributed by atoms with Gasteiger partial charge in [0.1, 0.15) is 35.0 Å². The Morgan fingerprint density at radius 1 is 0.833 bits per heavy atom. The molecule has 4 aliphatic rings. The van der Waals surface area contributed by atoms with Gasteiger partial charge in [0.05, 0.1) is 25.9 Å². The van der Waals surface area contributed by atoms with Crippen molar-refractivity contribution in [3.8, 4) is 5.75 Å². The number of ether oxygens (including phenoxy) is 6. The summed E-state index contributed by atoms with van der Waals surface area (Å²) in [5.74, 6) is -1.92. The van der Waals surface area contributed by atoms with Crippen LogP contribution in [0.25, 0.3) is 10.9 Å². The number of alkyl carbamates (subject to hydrolysis) is 1. The van der Waals surface area contributed by atoms with Gasteiger partial charge in [0.25, 0.3) is 5.60 Å². The number of piperidine rings is 2. The van der Waals surface area contributed by atoms with Crippen LogP contribution in [0.1, 0.15) is 82.4 Å². The molecule has 316 valence electrons. The van der Waals surface area contributed by atoms with Gasteiger partial charge in [0.15, 0.2) is 0 Å². The summed E-state index contributed by atoms with van der Waals surface area (Å²) in [7, 11) is 0. The van der Waals surface area contributed by atoms with E-state index in [9.17, 15) is 24.0 Å². The molecule has 4 atom stereocenters. The maximum Gasteiger partial charge on any atom is 0.513 e. The lowest BCUT2D eigenvalue weighted by molar-refractivity contribution is -1.05. The van der Waals surface area contributed by atoms with Gasteiger partial charge in [-0.3, -0.25) is 9.59 Å². The molecule has 8 rings (SSSR count). The van der Waals surface area contributed by atoms with Gasteiger partial charge in [0, 0.05) is 60.5 Å². The lowest BCUT2D eigenvalue weighted by atomic mass is 9.39. The number of benzene rings is 3. The first-order valence-corrected chi connectivity index (χ1v) is 20.8. The van der Waals surface area contributed by atoms with E-state index in [0.29, 0.717) is 36.2 Å². The van der Waals surface area contributed by atoms with Crippen molar-refractivity contribution in [2.24, 2.45) is 5.41 Å². The van der Waals surface area contributed by atoms with E-state index in [1.54, 1.807) is 99.6 Å². The fourth-order valence-corrected chi connectivity index (χ4v) is 10.2. The molecule has 0 radical (unpaired) electrons. The number of nitrogens with zero attached hydrogens (tertiary/aromatic N) is 1. The molecule has 4 unspecified atom stereocenters. The Morgan fingerprint density at radius 2 is 1.52 bits per heavy atom. The van der Waals surface area contributed by atoms with Crippen LogP contribution >= 0.6 is 0 Å². The summed E-state index contributed by atoms with van der Waals surface area (Å²) < 4.78 is 34.7. The molecule has 3 heterocycles. The second-order valence-electron chi connectivity index (χ2n) is 17.3. The third-order valence-electron chi connectivity index (χ3n) is 12.9. The van der Waals surface area contributed by atoms with E-state index in [1.807, 2.05) is 6.20 Å². The zero-order valence-corrected chi connectivity index (χ0v) is 34.2. The minimum absolute atomic E-state index is 0.0108. The molecule has 2 spiro atoms. The fourth-order valence-electron chi connectivity index (χ4n) is 10.2. The third kappa shape index (κ3) is 7.57. The molecule has 60 heavy (non-hydrogen) atoms. The van der Waals surface area contributed by atoms with Gasteiger partial charge in [-0.15, -0.1) is 0 Å². The van der Waals surface area contributed by atoms with Crippen molar-refractivity contribution in [1.82, 2.24) is 10.3 Å². The van der Waals surface area contributed by atoms with E-state index >= 15 is 0 Å². The lowest BCUT2D eigenvalue weighted by Gasteiger charge is -2.80. The molecule has 2 N–H and O–H groups in total. The molecule has 2 aliphatic carbocycles. The Kier molecular flexibility index (Phi) is 11.1. The summed E-state index contributed by atoms with van der Waals surface area (Å²) in [6, 6.07) is 23.5. The topological polar surface area (TPSA) is 169 Å². The standard InChI is InChI=1S/C46H51N3O11/c1-44(2,3)59-42(53)47-23-21-30-28-48-35-17-16-33(26-34(30)35)57-40(51)19-18-39(50)55-29-56-43(54)60-46(31-12-6-4-7-13-31,32-14-8-5-9-15-32)41(52)58-38-27-37-45(38)22-20-36(45)49(37)24-10-11-25-49/h4-9,12-17,26,28,36-38,48H,10-11,18-25,27,29H2,1-3H3/p+1. The van der Waals surface area contributed by atoms with Crippen molar-refractivity contribution < 1.29 is 56.9 Å². The second-order valence-corrected chi connectivity index (χ2v) is 17.3.